The van der Waals surface area contributed by atoms with Crippen LogP contribution in [-0.4, -0.2) is 35.2 Å². The van der Waals surface area contributed by atoms with Gasteiger partial charge in [-0.1, -0.05) is 0 Å². The van der Waals surface area contributed by atoms with E-state index >= 15 is 0 Å². The lowest BCUT2D eigenvalue weighted by Crippen LogP contribution is -2.34. The summed E-state index contributed by atoms with van der Waals surface area (Å²) in [6.07, 6.45) is 2.89. The smallest absolute Gasteiger partial charge is 0.376 e. The summed E-state index contributed by atoms with van der Waals surface area (Å²) in [5.74, 6) is -0.177. The fourth-order valence-corrected chi connectivity index (χ4v) is 2.04. The molecule has 0 amide bonds. The van der Waals surface area contributed by atoms with E-state index in [1.54, 1.807) is 13.0 Å². The average molecular weight is 251 g/mol. The first kappa shape index (κ1) is 12.8. The predicted molar refractivity (Wildman–Crippen MR) is 64.4 cm³/mol. The summed E-state index contributed by atoms with van der Waals surface area (Å²) in [5, 5.41) is 0. The van der Waals surface area contributed by atoms with Crippen LogP contribution in [0.2, 0.25) is 0 Å². The Morgan fingerprint density at radius 2 is 2.22 bits per heavy atom. The monoisotopic (exact) mass is 251 g/mol. The molecule has 0 radical (unpaired) electrons. The number of methoxy groups -OCH3 is 1. The maximum atomic E-state index is 11.4. The molecule has 18 heavy (non-hydrogen) atoms. The molecule has 1 heterocycles. The van der Waals surface area contributed by atoms with Crippen LogP contribution >= 0.6 is 0 Å². The number of ether oxygens (including phenoxy) is 2. The number of hydrogen-bond donors (Lipinski definition) is 1. The van der Waals surface area contributed by atoms with Gasteiger partial charge in [-0.2, -0.15) is 4.98 Å². The molecule has 1 aromatic rings. The largest absolute Gasteiger partial charge is 0.473 e. The lowest BCUT2D eigenvalue weighted by atomic mass is 10.2. The van der Waals surface area contributed by atoms with Gasteiger partial charge in [0.25, 0.3) is 0 Å². The van der Waals surface area contributed by atoms with Crippen LogP contribution in [0.4, 0.5) is 0 Å². The molecule has 2 N–H and O–H groups in total. The Kier molecular flexibility index (Phi) is 3.76. The Balaban J connectivity index is 2.17. The number of nitrogens with two attached hydrogens (primary N) is 1. The van der Waals surface area contributed by atoms with Gasteiger partial charge in [-0.25, -0.2) is 9.78 Å². The molecule has 1 fully saturated rings. The second kappa shape index (κ2) is 5.30. The third-order valence-corrected chi connectivity index (χ3v) is 2.97. The molecule has 2 atom stereocenters. The maximum absolute atomic E-state index is 11.4. The number of aromatic nitrogens is 2. The van der Waals surface area contributed by atoms with Gasteiger partial charge in [0.1, 0.15) is 6.10 Å². The number of aryl methyl sites for hydroxylation is 1. The van der Waals surface area contributed by atoms with Gasteiger partial charge >= 0.3 is 5.97 Å². The highest BCUT2D eigenvalue weighted by molar-refractivity contribution is 5.85. The molecule has 98 valence electrons. The molecule has 1 saturated carbocycles. The van der Waals surface area contributed by atoms with Gasteiger partial charge in [-0.3, -0.25) is 0 Å². The standard InChI is InChI=1S/C12H17N3O3/c1-7-6-10(15-11(14-7)12(16)17-2)18-9-5-3-4-8(9)13/h6,8-9H,3-5,13H2,1-2H3. The normalized spacial score (nSPS) is 22.8. The molecular weight excluding hydrogens is 234 g/mol. The molecular formula is C12H17N3O3. The molecule has 0 spiro atoms. The average Bonchev–Trinajstić information content (AvgIpc) is 2.73. The van der Waals surface area contributed by atoms with E-state index in [4.69, 9.17) is 10.5 Å². The first-order valence-corrected chi connectivity index (χ1v) is 5.96. The van der Waals surface area contributed by atoms with Crippen molar-refractivity contribution in [2.75, 3.05) is 7.11 Å². The Morgan fingerprint density at radius 1 is 1.44 bits per heavy atom. The van der Waals surface area contributed by atoms with Crippen molar-refractivity contribution in [3.8, 4) is 5.88 Å². The Hall–Kier alpha value is -1.69. The van der Waals surface area contributed by atoms with E-state index in [9.17, 15) is 4.79 Å². The summed E-state index contributed by atoms with van der Waals surface area (Å²) in [6, 6.07) is 1.72. The quantitative estimate of drug-likeness (QED) is 0.801. The van der Waals surface area contributed by atoms with Crippen molar-refractivity contribution in [1.29, 1.82) is 0 Å². The van der Waals surface area contributed by atoms with Crippen molar-refractivity contribution in [1.82, 2.24) is 9.97 Å². The zero-order chi connectivity index (χ0) is 13.1. The van der Waals surface area contributed by atoms with Crippen LogP contribution in [0.1, 0.15) is 35.6 Å². The summed E-state index contributed by atoms with van der Waals surface area (Å²) < 4.78 is 10.3. The van der Waals surface area contributed by atoms with E-state index in [0.717, 1.165) is 19.3 Å². The van der Waals surface area contributed by atoms with E-state index in [-0.39, 0.29) is 18.0 Å². The summed E-state index contributed by atoms with van der Waals surface area (Å²) in [5.41, 5.74) is 6.59. The number of carbonyl (C=O) groups excluding carboxylic acids is 1. The number of rotatable bonds is 3. The second-order valence-electron chi connectivity index (χ2n) is 4.41. The minimum absolute atomic E-state index is 0.0130. The zero-order valence-electron chi connectivity index (χ0n) is 10.5. The van der Waals surface area contributed by atoms with E-state index in [1.165, 1.54) is 7.11 Å². The van der Waals surface area contributed by atoms with E-state index in [2.05, 4.69) is 14.7 Å². The summed E-state index contributed by atoms with van der Waals surface area (Å²) in [4.78, 5) is 19.4. The molecule has 6 heteroatoms. The van der Waals surface area contributed by atoms with Gasteiger partial charge in [0.05, 0.1) is 7.11 Å². The highest BCUT2D eigenvalue weighted by Crippen LogP contribution is 2.22. The molecule has 1 aliphatic rings. The van der Waals surface area contributed by atoms with Crippen LogP contribution < -0.4 is 10.5 Å². The number of nitrogens with zero attached hydrogens (tertiary/aromatic N) is 2. The number of carbonyl (C=O) groups is 1. The van der Waals surface area contributed by atoms with Gasteiger partial charge < -0.3 is 15.2 Å². The molecule has 2 rings (SSSR count). The van der Waals surface area contributed by atoms with Crippen molar-refractivity contribution in [2.24, 2.45) is 5.73 Å². The van der Waals surface area contributed by atoms with Gasteiger partial charge in [-0.15, -0.1) is 0 Å². The first-order chi connectivity index (χ1) is 8.60. The van der Waals surface area contributed by atoms with Crippen molar-refractivity contribution in [2.45, 2.75) is 38.3 Å². The molecule has 1 aromatic heterocycles. The minimum Gasteiger partial charge on any atom is -0.473 e. The van der Waals surface area contributed by atoms with Crippen molar-refractivity contribution >= 4 is 5.97 Å². The van der Waals surface area contributed by atoms with Crippen molar-refractivity contribution in [3.63, 3.8) is 0 Å². The fourth-order valence-electron chi connectivity index (χ4n) is 2.04. The molecule has 0 saturated heterocycles. The zero-order valence-corrected chi connectivity index (χ0v) is 10.5. The maximum Gasteiger partial charge on any atom is 0.376 e. The Bertz CT molecular complexity index is 450. The predicted octanol–water partition coefficient (Wildman–Crippen LogP) is 0.830. The number of hydrogen-bond acceptors (Lipinski definition) is 6. The lowest BCUT2D eigenvalue weighted by Gasteiger charge is -2.17. The van der Waals surface area contributed by atoms with Crippen LogP contribution in [-0.2, 0) is 4.74 Å². The summed E-state index contributed by atoms with van der Waals surface area (Å²) in [6.45, 7) is 1.77. The Morgan fingerprint density at radius 3 is 2.83 bits per heavy atom. The summed E-state index contributed by atoms with van der Waals surface area (Å²) in [7, 11) is 1.29. The molecule has 6 nitrogen and oxygen atoms in total. The van der Waals surface area contributed by atoms with E-state index in [1.807, 2.05) is 0 Å². The van der Waals surface area contributed by atoms with E-state index < -0.39 is 5.97 Å². The van der Waals surface area contributed by atoms with Crippen molar-refractivity contribution < 1.29 is 14.3 Å². The van der Waals surface area contributed by atoms with Crippen LogP contribution in [0.25, 0.3) is 0 Å². The third kappa shape index (κ3) is 2.76. The molecule has 2 unspecified atom stereocenters. The SMILES string of the molecule is COC(=O)c1nc(C)cc(OC2CCCC2N)n1. The molecule has 0 aliphatic heterocycles. The van der Waals surface area contributed by atoms with Crippen LogP contribution in [0.5, 0.6) is 5.88 Å². The van der Waals surface area contributed by atoms with Gasteiger partial charge in [0.2, 0.25) is 11.7 Å². The molecule has 0 bridgehead atoms. The topological polar surface area (TPSA) is 87.3 Å². The van der Waals surface area contributed by atoms with Gasteiger partial charge in [0.15, 0.2) is 0 Å². The van der Waals surface area contributed by atoms with Crippen LogP contribution in [0.15, 0.2) is 6.07 Å². The third-order valence-electron chi connectivity index (χ3n) is 2.97. The number of esters is 1. The fraction of sp³-hybridized carbons (Fsp3) is 0.583. The second-order valence-corrected chi connectivity index (χ2v) is 4.41. The molecule has 0 aromatic carbocycles. The Labute approximate surface area is 106 Å². The highest BCUT2D eigenvalue weighted by atomic mass is 16.5. The lowest BCUT2D eigenvalue weighted by molar-refractivity contribution is 0.0583. The van der Waals surface area contributed by atoms with Gasteiger partial charge in [-0.05, 0) is 26.2 Å². The first-order valence-electron chi connectivity index (χ1n) is 5.96. The highest BCUT2D eigenvalue weighted by Gasteiger charge is 2.26. The minimum atomic E-state index is -0.570. The van der Waals surface area contributed by atoms with Crippen LogP contribution in [0.3, 0.4) is 0 Å². The summed E-state index contributed by atoms with van der Waals surface area (Å²) >= 11 is 0. The van der Waals surface area contributed by atoms with Crippen LogP contribution in [0, 0.1) is 6.92 Å². The van der Waals surface area contributed by atoms with Crippen molar-refractivity contribution in [3.05, 3.63) is 17.6 Å². The van der Waals surface area contributed by atoms with E-state index in [0.29, 0.717) is 11.6 Å². The molecule has 1 aliphatic carbocycles. The van der Waals surface area contributed by atoms with Gasteiger partial charge in [0, 0.05) is 17.8 Å².